The predicted octanol–water partition coefficient (Wildman–Crippen LogP) is 1.63. The zero-order chi connectivity index (χ0) is 13.1. The molecule has 1 aliphatic heterocycles. The third-order valence-electron chi connectivity index (χ3n) is 3.79. The van der Waals surface area contributed by atoms with E-state index in [1.807, 2.05) is 19.2 Å². The molecule has 1 aromatic heterocycles. The van der Waals surface area contributed by atoms with E-state index in [9.17, 15) is 0 Å². The zero-order valence-corrected chi connectivity index (χ0v) is 11.6. The molecule has 0 aromatic carbocycles. The lowest BCUT2D eigenvalue weighted by molar-refractivity contribution is 0.199. The zero-order valence-electron chi connectivity index (χ0n) is 11.6. The summed E-state index contributed by atoms with van der Waals surface area (Å²) in [6.07, 6.45) is 1.87. The van der Waals surface area contributed by atoms with Gasteiger partial charge in [-0.25, -0.2) is 4.98 Å². The normalized spacial score (nSPS) is 23.1. The van der Waals surface area contributed by atoms with E-state index in [0.29, 0.717) is 6.04 Å². The van der Waals surface area contributed by atoms with Crippen molar-refractivity contribution in [2.45, 2.75) is 32.9 Å². The molecule has 0 amide bonds. The van der Waals surface area contributed by atoms with Crippen molar-refractivity contribution in [2.75, 3.05) is 31.1 Å². The van der Waals surface area contributed by atoms with Crippen LogP contribution in [0.3, 0.4) is 0 Å². The molecule has 4 heteroatoms. The van der Waals surface area contributed by atoms with Crippen molar-refractivity contribution in [1.29, 1.82) is 0 Å². The molecule has 2 heterocycles. The summed E-state index contributed by atoms with van der Waals surface area (Å²) < 4.78 is 0. The van der Waals surface area contributed by atoms with Gasteiger partial charge in [0, 0.05) is 37.9 Å². The lowest BCUT2D eigenvalue weighted by Crippen LogP contribution is -2.52. The average Bonchev–Trinajstić information content (AvgIpc) is 2.38. The highest BCUT2D eigenvalue weighted by molar-refractivity contribution is 5.42. The summed E-state index contributed by atoms with van der Waals surface area (Å²) in [6, 6.07) is 4.78. The number of piperazine rings is 1. The monoisotopic (exact) mass is 248 g/mol. The van der Waals surface area contributed by atoms with Crippen LogP contribution in [0.1, 0.15) is 32.4 Å². The molecular weight excluding hydrogens is 224 g/mol. The number of hydrogen-bond donors (Lipinski definition) is 1. The fraction of sp³-hybridized carbons (Fsp3) is 0.643. The molecule has 0 aliphatic carbocycles. The highest BCUT2D eigenvalue weighted by Crippen LogP contribution is 2.20. The first kappa shape index (κ1) is 13.3. The quantitative estimate of drug-likeness (QED) is 0.883. The van der Waals surface area contributed by atoms with Gasteiger partial charge in [-0.15, -0.1) is 0 Å². The van der Waals surface area contributed by atoms with Gasteiger partial charge in [0.25, 0.3) is 0 Å². The third-order valence-corrected chi connectivity index (χ3v) is 3.79. The van der Waals surface area contributed by atoms with E-state index >= 15 is 0 Å². The van der Waals surface area contributed by atoms with Crippen molar-refractivity contribution in [3.63, 3.8) is 0 Å². The van der Waals surface area contributed by atoms with E-state index in [1.54, 1.807) is 0 Å². The number of nitrogens with zero attached hydrogens (tertiary/aromatic N) is 3. The summed E-state index contributed by atoms with van der Waals surface area (Å²) in [5.74, 6) is 1.06. The summed E-state index contributed by atoms with van der Waals surface area (Å²) in [5, 5.41) is 0. The maximum atomic E-state index is 5.93. The summed E-state index contributed by atoms with van der Waals surface area (Å²) >= 11 is 0. The Balaban J connectivity index is 2.10. The standard InChI is InChI=1S/C14H24N4/c1-4-17-7-8-18(10-11(17)2)14-9-13(12(3)15)5-6-16-14/h5-6,9,11-12H,4,7-8,10,15H2,1-3H3/t11?,12-/m1/s1. The van der Waals surface area contributed by atoms with Crippen molar-refractivity contribution in [2.24, 2.45) is 5.73 Å². The Bertz CT molecular complexity index is 391. The van der Waals surface area contributed by atoms with Crippen LogP contribution in [0.5, 0.6) is 0 Å². The lowest BCUT2D eigenvalue weighted by Gasteiger charge is -2.40. The van der Waals surface area contributed by atoms with Crippen molar-refractivity contribution in [3.8, 4) is 0 Å². The third kappa shape index (κ3) is 2.82. The summed E-state index contributed by atoms with van der Waals surface area (Å²) in [7, 11) is 0. The fourth-order valence-corrected chi connectivity index (χ4v) is 2.56. The average molecular weight is 248 g/mol. The highest BCUT2D eigenvalue weighted by atomic mass is 15.3. The van der Waals surface area contributed by atoms with Gasteiger partial charge in [0.1, 0.15) is 5.82 Å². The van der Waals surface area contributed by atoms with E-state index < -0.39 is 0 Å². The van der Waals surface area contributed by atoms with Gasteiger partial charge in [-0.3, -0.25) is 4.90 Å². The largest absolute Gasteiger partial charge is 0.354 e. The molecule has 1 unspecified atom stereocenters. The smallest absolute Gasteiger partial charge is 0.128 e. The van der Waals surface area contributed by atoms with Crippen molar-refractivity contribution < 1.29 is 0 Å². The van der Waals surface area contributed by atoms with Crippen LogP contribution >= 0.6 is 0 Å². The number of pyridine rings is 1. The van der Waals surface area contributed by atoms with Gasteiger partial charge >= 0.3 is 0 Å². The van der Waals surface area contributed by atoms with Gasteiger partial charge in [0.05, 0.1) is 0 Å². The van der Waals surface area contributed by atoms with Crippen molar-refractivity contribution in [3.05, 3.63) is 23.9 Å². The Labute approximate surface area is 110 Å². The summed E-state index contributed by atoms with van der Waals surface area (Å²) in [6.45, 7) is 10.9. The molecule has 2 N–H and O–H groups in total. The molecule has 0 spiro atoms. The minimum atomic E-state index is 0.0705. The van der Waals surface area contributed by atoms with Crippen molar-refractivity contribution >= 4 is 5.82 Å². The lowest BCUT2D eigenvalue weighted by atomic mass is 10.1. The Morgan fingerprint density at radius 3 is 2.89 bits per heavy atom. The second-order valence-electron chi connectivity index (χ2n) is 5.16. The van der Waals surface area contributed by atoms with Crippen molar-refractivity contribution in [1.82, 2.24) is 9.88 Å². The van der Waals surface area contributed by atoms with Gasteiger partial charge in [-0.1, -0.05) is 6.92 Å². The first-order valence-corrected chi connectivity index (χ1v) is 6.82. The van der Waals surface area contributed by atoms with E-state index in [-0.39, 0.29) is 6.04 Å². The molecule has 4 nitrogen and oxygen atoms in total. The first-order valence-electron chi connectivity index (χ1n) is 6.82. The minimum absolute atomic E-state index is 0.0705. The molecule has 0 bridgehead atoms. The molecule has 1 saturated heterocycles. The highest BCUT2D eigenvalue weighted by Gasteiger charge is 2.23. The van der Waals surface area contributed by atoms with E-state index in [0.717, 1.165) is 37.6 Å². The van der Waals surface area contributed by atoms with Crippen LogP contribution in [0.2, 0.25) is 0 Å². The van der Waals surface area contributed by atoms with Crippen LogP contribution in [-0.4, -0.2) is 42.1 Å². The Hall–Kier alpha value is -1.13. The summed E-state index contributed by atoms with van der Waals surface area (Å²) in [5.41, 5.74) is 7.09. The number of aromatic nitrogens is 1. The molecular formula is C14H24N4. The molecule has 0 saturated carbocycles. The minimum Gasteiger partial charge on any atom is -0.354 e. The second-order valence-corrected chi connectivity index (χ2v) is 5.16. The SMILES string of the molecule is CCN1CCN(c2cc([C@@H](C)N)ccn2)CC1C. The summed E-state index contributed by atoms with van der Waals surface area (Å²) in [4.78, 5) is 9.35. The molecule has 1 aliphatic rings. The predicted molar refractivity (Wildman–Crippen MR) is 75.8 cm³/mol. The van der Waals surface area contributed by atoms with E-state index in [1.165, 1.54) is 0 Å². The topological polar surface area (TPSA) is 45.4 Å². The van der Waals surface area contributed by atoms with Gasteiger partial charge in [-0.05, 0) is 38.1 Å². The van der Waals surface area contributed by atoms with Gasteiger partial charge in [0.2, 0.25) is 0 Å². The fourth-order valence-electron chi connectivity index (χ4n) is 2.56. The Morgan fingerprint density at radius 1 is 1.50 bits per heavy atom. The number of anilines is 1. The molecule has 2 atom stereocenters. The Morgan fingerprint density at radius 2 is 2.28 bits per heavy atom. The first-order chi connectivity index (χ1) is 8.61. The molecule has 1 fully saturated rings. The second kappa shape index (κ2) is 5.67. The molecule has 100 valence electrons. The molecule has 1 aromatic rings. The number of likely N-dealkylation sites (N-methyl/N-ethyl adjacent to an activating group) is 1. The van der Waals surface area contributed by atoms with Gasteiger partial charge < -0.3 is 10.6 Å². The maximum Gasteiger partial charge on any atom is 0.128 e. The molecule has 0 radical (unpaired) electrons. The van der Waals surface area contributed by atoms with Crippen LogP contribution in [0.25, 0.3) is 0 Å². The molecule has 18 heavy (non-hydrogen) atoms. The Kier molecular flexibility index (Phi) is 4.19. The van der Waals surface area contributed by atoms with Crippen LogP contribution in [0.4, 0.5) is 5.82 Å². The van der Waals surface area contributed by atoms with E-state index in [2.05, 4.69) is 34.7 Å². The number of rotatable bonds is 3. The van der Waals surface area contributed by atoms with Crippen LogP contribution in [0.15, 0.2) is 18.3 Å². The van der Waals surface area contributed by atoms with Crippen LogP contribution in [-0.2, 0) is 0 Å². The number of hydrogen-bond acceptors (Lipinski definition) is 4. The number of nitrogens with two attached hydrogens (primary N) is 1. The van der Waals surface area contributed by atoms with E-state index in [4.69, 9.17) is 5.73 Å². The molecule has 2 rings (SSSR count). The van der Waals surface area contributed by atoms with Gasteiger partial charge in [0.15, 0.2) is 0 Å². The van der Waals surface area contributed by atoms with Crippen LogP contribution in [0, 0.1) is 0 Å². The van der Waals surface area contributed by atoms with Gasteiger partial charge in [-0.2, -0.15) is 0 Å². The maximum absolute atomic E-state index is 5.93. The van der Waals surface area contributed by atoms with Crippen LogP contribution < -0.4 is 10.6 Å².